The summed E-state index contributed by atoms with van der Waals surface area (Å²) in [5.74, 6) is 0.948. The van der Waals surface area contributed by atoms with Gasteiger partial charge in [-0.2, -0.15) is 0 Å². The smallest absolute Gasteiger partial charge is 0.161 e. The molecule has 0 aliphatic carbocycles. The van der Waals surface area contributed by atoms with Gasteiger partial charge in [0.25, 0.3) is 0 Å². The van der Waals surface area contributed by atoms with Crippen LogP contribution in [0.1, 0.15) is 38.7 Å². The number of nitrogens with zero attached hydrogens (tertiary/aromatic N) is 3. The number of hydrogen-bond acceptors (Lipinski definition) is 5. The van der Waals surface area contributed by atoms with E-state index in [9.17, 15) is 0 Å². The molecule has 0 saturated carbocycles. The van der Waals surface area contributed by atoms with Gasteiger partial charge in [0.1, 0.15) is 6.33 Å². The minimum Gasteiger partial charge on any atom is -0.301 e. The molecule has 1 fully saturated rings. The lowest BCUT2D eigenvalue weighted by Crippen LogP contribution is -2.47. The standard InChI is InChI=1S/C14H20N4S/c1-9-7-19-13-12(9)15-8-16-14(13)17-18-10(2)5-4-6-11(18)3/h7-8,10-11H,4-6H2,1-3H3,(H,15,16,17). The van der Waals surface area contributed by atoms with E-state index in [4.69, 9.17) is 0 Å². The maximum atomic E-state index is 4.43. The third kappa shape index (κ3) is 2.32. The van der Waals surface area contributed by atoms with Crippen molar-refractivity contribution in [1.29, 1.82) is 0 Å². The fourth-order valence-corrected chi connectivity index (χ4v) is 3.75. The SMILES string of the molecule is Cc1csc2c(NN3C(C)CCCC3C)ncnc12. The summed E-state index contributed by atoms with van der Waals surface area (Å²) in [6.45, 7) is 6.66. The van der Waals surface area contributed by atoms with Crippen LogP contribution < -0.4 is 5.43 Å². The van der Waals surface area contributed by atoms with E-state index >= 15 is 0 Å². The van der Waals surface area contributed by atoms with Crippen molar-refractivity contribution in [2.45, 2.75) is 52.1 Å². The third-order valence-electron chi connectivity index (χ3n) is 3.96. The van der Waals surface area contributed by atoms with Gasteiger partial charge in [-0.25, -0.2) is 15.0 Å². The van der Waals surface area contributed by atoms with Crippen LogP contribution in [0.25, 0.3) is 10.2 Å². The number of nitrogens with one attached hydrogen (secondary N) is 1. The van der Waals surface area contributed by atoms with Gasteiger partial charge in [0.05, 0.1) is 10.2 Å². The number of piperidine rings is 1. The number of hydrogen-bond donors (Lipinski definition) is 1. The summed E-state index contributed by atoms with van der Waals surface area (Å²) >= 11 is 1.72. The molecule has 0 bridgehead atoms. The van der Waals surface area contributed by atoms with E-state index in [1.54, 1.807) is 17.7 Å². The van der Waals surface area contributed by atoms with Gasteiger partial charge in [0.2, 0.25) is 0 Å². The normalized spacial score (nSPS) is 24.8. The van der Waals surface area contributed by atoms with Crippen LogP contribution in [0, 0.1) is 6.92 Å². The van der Waals surface area contributed by atoms with E-state index in [-0.39, 0.29) is 0 Å². The van der Waals surface area contributed by atoms with Crippen LogP contribution in [-0.2, 0) is 0 Å². The van der Waals surface area contributed by atoms with Gasteiger partial charge in [-0.3, -0.25) is 0 Å². The third-order valence-corrected chi connectivity index (χ3v) is 5.05. The summed E-state index contributed by atoms with van der Waals surface area (Å²) in [4.78, 5) is 8.80. The fourth-order valence-electron chi connectivity index (χ4n) is 2.81. The number of rotatable bonds is 2. The van der Waals surface area contributed by atoms with Crippen LogP contribution in [0.15, 0.2) is 11.7 Å². The maximum absolute atomic E-state index is 4.43. The second kappa shape index (κ2) is 5.06. The number of aromatic nitrogens is 2. The van der Waals surface area contributed by atoms with Gasteiger partial charge in [0.15, 0.2) is 5.82 Å². The zero-order valence-corrected chi connectivity index (χ0v) is 12.5. The summed E-state index contributed by atoms with van der Waals surface area (Å²) in [6.07, 6.45) is 5.46. The average Bonchev–Trinajstić information content (AvgIpc) is 2.77. The highest BCUT2D eigenvalue weighted by Gasteiger charge is 2.25. The van der Waals surface area contributed by atoms with Crippen molar-refractivity contribution < 1.29 is 0 Å². The predicted molar refractivity (Wildman–Crippen MR) is 80.4 cm³/mol. The van der Waals surface area contributed by atoms with E-state index < -0.39 is 0 Å². The zero-order valence-electron chi connectivity index (χ0n) is 11.7. The van der Waals surface area contributed by atoms with E-state index in [0.29, 0.717) is 12.1 Å². The number of anilines is 1. The molecule has 1 aliphatic rings. The van der Waals surface area contributed by atoms with E-state index in [1.807, 2.05) is 0 Å². The Morgan fingerprint density at radius 3 is 2.74 bits per heavy atom. The molecular formula is C14H20N4S. The summed E-state index contributed by atoms with van der Waals surface area (Å²) in [7, 11) is 0. The first-order chi connectivity index (χ1) is 9.16. The molecule has 3 heterocycles. The molecule has 1 saturated heterocycles. The molecule has 0 spiro atoms. The lowest BCUT2D eigenvalue weighted by Gasteiger charge is -2.39. The predicted octanol–water partition coefficient (Wildman–Crippen LogP) is 3.59. The summed E-state index contributed by atoms with van der Waals surface area (Å²) < 4.78 is 1.16. The molecule has 102 valence electrons. The van der Waals surface area contributed by atoms with Crippen molar-refractivity contribution in [2.75, 3.05) is 5.43 Å². The summed E-state index contributed by atoms with van der Waals surface area (Å²) in [5.41, 5.74) is 5.83. The van der Waals surface area contributed by atoms with Crippen LogP contribution >= 0.6 is 11.3 Å². The first kappa shape index (κ1) is 12.8. The van der Waals surface area contributed by atoms with Gasteiger partial charge >= 0.3 is 0 Å². The molecule has 2 unspecified atom stereocenters. The Bertz CT molecular complexity index is 570. The molecule has 0 radical (unpaired) electrons. The molecule has 0 aromatic carbocycles. The Kier molecular flexibility index (Phi) is 3.41. The monoisotopic (exact) mass is 276 g/mol. The fraction of sp³-hybridized carbons (Fsp3) is 0.571. The van der Waals surface area contributed by atoms with Crippen molar-refractivity contribution in [1.82, 2.24) is 15.0 Å². The highest BCUT2D eigenvalue weighted by molar-refractivity contribution is 7.17. The Labute approximate surface area is 117 Å². The minimum absolute atomic E-state index is 0.551. The quantitative estimate of drug-likeness (QED) is 0.910. The Morgan fingerprint density at radius 1 is 1.26 bits per heavy atom. The van der Waals surface area contributed by atoms with Crippen molar-refractivity contribution in [3.63, 3.8) is 0 Å². The Balaban J connectivity index is 1.92. The van der Waals surface area contributed by atoms with Gasteiger partial charge in [-0.1, -0.05) is 6.42 Å². The van der Waals surface area contributed by atoms with Crippen LogP contribution in [-0.4, -0.2) is 27.1 Å². The lowest BCUT2D eigenvalue weighted by molar-refractivity contribution is 0.135. The van der Waals surface area contributed by atoms with Crippen molar-refractivity contribution in [3.8, 4) is 0 Å². The minimum atomic E-state index is 0.551. The molecule has 1 N–H and O–H groups in total. The maximum Gasteiger partial charge on any atom is 0.161 e. The topological polar surface area (TPSA) is 41.0 Å². The molecule has 2 atom stereocenters. The highest BCUT2D eigenvalue weighted by Crippen LogP contribution is 2.30. The average molecular weight is 276 g/mol. The van der Waals surface area contributed by atoms with Crippen molar-refractivity contribution in [2.24, 2.45) is 0 Å². The largest absolute Gasteiger partial charge is 0.301 e. The number of thiophene rings is 1. The van der Waals surface area contributed by atoms with E-state index in [1.165, 1.54) is 24.8 Å². The van der Waals surface area contributed by atoms with Gasteiger partial charge < -0.3 is 5.43 Å². The summed E-state index contributed by atoms with van der Waals surface area (Å²) in [5, 5.41) is 4.49. The van der Waals surface area contributed by atoms with Crippen LogP contribution in [0.3, 0.4) is 0 Å². The Morgan fingerprint density at radius 2 is 2.00 bits per heavy atom. The highest BCUT2D eigenvalue weighted by atomic mass is 32.1. The van der Waals surface area contributed by atoms with Crippen molar-refractivity contribution in [3.05, 3.63) is 17.3 Å². The van der Waals surface area contributed by atoms with E-state index in [0.717, 1.165) is 16.0 Å². The molecule has 19 heavy (non-hydrogen) atoms. The van der Waals surface area contributed by atoms with Gasteiger partial charge in [-0.15, -0.1) is 11.3 Å². The number of aryl methyl sites for hydroxylation is 1. The molecule has 3 rings (SSSR count). The molecule has 1 aliphatic heterocycles. The van der Waals surface area contributed by atoms with Crippen LogP contribution in [0.2, 0.25) is 0 Å². The number of hydrazine groups is 1. The molecule has 5 heteroatoms. The first-order valence-corrected chi connectivity index (χ1v) is 7.78. The molecular weight excluding hydrogens is 256 g/mol. The first-order valence-electron chi connectivity index (χ1n) is 6.90. The lowest BCUT2D eigenvalue weighted by atomic mass is 10.00. The van der Waals surface area contributed by atoms with Gasteiger partial charge in [0, 0.05) is 12.1 Å². The second-order valence-electron chi connectivity index (χ2n) is 5.47. The zero-order chi connectivity index (χ0) is 13.4. The van der Waals surface area contributed by atoms with Crippen LogP contribution in [0.4, 0.5) is 5.82 Å². The van der Waals surface area contributed by atoms with E-state index in [2.05, 4.69) is 46.6 Å². The molecule has 0 amide bonds. The Hall–Kier alpha value is -1.20. The van der Waals surface area contributed by atoms with Crippen LogP contribution in [0.5, 0.6) is 0 Å². The summed E-state index contributed by atoms with van der Waals surface area (Å²) in [6, 6.07) is 1.10. The molecule has 4 nitrogen and oxygen atoms in total. The molecule has 2 aromatic heterocycles. The number of fused-ring (bicyclic) bond motifs is 1. The molecule has 2 aromatic rings. The van der Waals surface area contributed by atoms with Gasteiger partial charge in [-0.05, 0) is 44.6 Å². The second-order valence-corrected chi connectivity index (χ2v) is 6.35. The van der Waals surface area contributed by atoms with Crippen molar-refractivity contribution >= 4 is 27.4 Å².